The number of thioether (sulfide) groups is 1. The highest BCUT2D eigenvalue weighted by Gasteiger charge is 2.27. The molecule has 0 atom stereocenters. The average Bonchev–Trinajstić information content (AvgIpc) is 3.20. The third-order valence-corrected chi connectivity index (χ3v) is 8.22. The summed E-state index contributed by atoms with van der Waals surface area (Å²) in [6, 6.07) is 12.8. The monoisotopic (exact) mass is 556 g/mol. The molecule has 1 N–H and O–H groups in total. The molecule has 0 saturated heterocycles. The minimum absolute atomic E-state index is 0.0694. The largest absolute Gasteiger partial charge is 0.494 e. The first-order valence-corrected chi connectivity index (χ1v) is 13.6. The molecule has 0 fully saturated rings. The van der Waals surface area contributed by atoms with Crippen molar-refractivity contribution in [3.63, 3.8) is 0 Å². The van der Waals surface area contributed by atoms with Crippen LogP contribution in [0.15, 0.2) is 62.2 Å². The van der Waals surface area contributed by atoms with E-state index in [1.54, 1.807) is 36.4 Å². The van der Waals surface area contributed by atoms with Crippen molar-refractivity contribution in [1.82, 2.24) is 10.2 Å². The highest BCUT2D eigenvalue weighted by molar-refractivity contribution is 9.10. The van der Waals surface area contributed by atoms with Crippen molar-refractivity contribution in [2.24, 2.45) is 0 Å². The van der Waals surface area contributed by atoms with E-state index in [-0.39, 0.29) is 4.90 Å². The Morgan fingerprint density at radius 1 is 1.12 bits per heavy atom. The van der Waals surface area contributed by atoms with E-state index < -0.39 is 22.5 Å². The molecule has 0 bridgehead atoms. The third-order valence-electron chi connectivity index (χ3n) is 4.05. The van der Waals surface area contributed by atoms with Crippen molar-refractivity contribution in [2.45, 2.75) is 23.1 Å². The van der Waals surface area contributed by atoms with E-state index in [2.05, 4.69) is 31.4 Å². The standard InChI is InChI=1S/C20H21BrN4O4S3/c1-3-29-16-9-7-15(8-10-16)25(32(27,28)17-11-5-14(21)6-12-17)13-18(26)22-19-23-24-20(31-19)30-4-2/h5-12H,3-4,13H2,1-2H3,(H,22,23,26). The Morgan fingerprint density at radius 3 is 2.44 bits per heavy atom. The lowest BCUT2D eigenvalue weighted by Crippen LogP contribution is -2.38. The van der Waals surface area contributed by atoms with Crippen LogP contribution in [0.3, 0.4) is 0 Å². The lowest BCUT2D eigenvalue weighted by molar-refractivity contribution is -0.114. The molecule has 0 radical (unpaired) electrons. The number of sulfonamides is 1. The van der Waals surface area contributed by atoms with Gasteiger partial charge in [-0.3, -0.25) is 14.4 Å². The lowest BCUT2D eigenvalue weighted by Gasteiger charge is -2.24. The molecule has 0 aliphatic carbocycles. The molecular weight excluding hydrogens is 536 g/mol. The Kier molecular flexibility index (Phi) is 8.51. The minimum Gasteiger partial charge on any atom is -0.494 e. The van der Waals surface area contributed by atoms with Gasteiger partial charge in [-0.15, -0.1) is 10.2 Å². The highest BCUT2D eigenvalue weighted by Crippen LogP contribution is 2.28. The highest BCUT2D eigenvalue weighted by atomic mass is 79.9. The number of rotatable bonds is 10. The minimum atomic E-state index is -4.01. The van der Waals surface area contributed by atoms with Crippen LogP contribution in [-0.4, -0.2) is 43.4 Å². The third kappa shape index (κ3) is 6.21. The van der Waals surface area contributed by atoms with Gasteiger partial charge in [-0.25, -0.2) is 8.42 Å². The van der Waals surface area contributed by atoms with Gasteiger partial charge < -0.3 is 4.74 Å². The molecule has 1 aromatic heterocycles. The molecular formula is C20H21BrN4O4S3. The Bertz CT molecular complexity index is 1150. The predicted octanol–water partition coefficient (Wildman–Crippen LogP) is 4.65. The van der Waals surface area contributed by atoms with Crippen molar-refractivity contribution in [3.05, 3.63) is 53.0 Å². The summed E-state index contributed by atoms with van der Waals surface area (Å²) in [5.41, 5.74) is 0.339. The number of aromatic nitrogens is 2. The predicted molar refractivity (Wildman–Crippen MR) is 131 cm³/mol. The van der Waals surface area contributed by atoms with Gasteiger partial charge >= 0.3 is 0 Å². The fraction of sp³-hybridized carbons (Fsp3) is 0.250. The molecule has 12 heteroatoms. The van der Waals surface area contributed by atoms with Crippen LogP contribution in [-0.2, 0) is 14.8 Å². The van der Waals surface area contributed by atoms with Gasteiger partial charge in [0.15, 0.2) is 4.34 Å². The molecule has 1 heterocycles. The van der Waals surface area contributed by atoms with Crippen LogP contribution in [0.5, 0.6) is 5.75 Å². The summed E-state index contributed by atoms with van der Waals surface area (Å²) in [7, 11) is -4.01. The van der Waals surface area contributed by atoms with Crippen molar-refractivity contribution < 1.29 is 17.9 Å². The lowest BCUT2D eigenvalue weighted by atomic mass is 10.3. The number of halogens is 1. The first kappa shape index (κ1) is 24.5. The van der Waals surface area contributed by atoms with Crippen LogP contribution in [0.4, 0.5) is 10.8 Å². The molecule has 3 rings (SSSR count). The van der Waals surface area contributed by atoms with Gasteiger partial charge in [-0.05, 0) is 61.2 Å². The van der Waals surface area contributed by atoms with Crippen LogP contribution >= 0.6 is 39.0 Å². The maximum Gasteiger partial charge on any atom is 0.264 e. The molecule has 2 aromatic carbocycles. The van der Waals surface area contributed by atoms with Crippen LogP contribution in [0.25, 0.3) is 0 Å². The van der Waals surface area contributed by atoms with Crippen LogP contribution in [0, 0.1) is 0 Å². The number of carbonyl (C=O) groups is 1. The van der Waals surface area contributed by atoms with Gasteiger partial charge in [0, 0.05) is 4.47 Å². The zero-order chi connectivity index (χ0) is 23.1. The first-order valence-electron chi connectivity index (χ1n) is 9.60. The maximum atomic E-state index is 13.4. The number of hydrogen-bond acceptors (Lipinski definition) is 8. The van der Waals surface area contributed by atoms with Crippen molar-refractivity contribution >= 4 is 65.8 Å². The number of amides is 1. The average molecular weight is 558 g/mol. The summed E-state index contributed by atoms with van der Waals surface area (Å²) in [4.78, 5) is 12.8. The topological polar surface area (TPSA) is 101 Å². The van der Waals surface area contributed by atoms with Gasteiger partial charge in [0.1, 0.15) is 12.3 Å². The number of benzene rings is 2. The Labute approximate surface area is 203 Å². The number of nitrogens with one attached hydrogen (secondary N) is 1. The summed E-state index contributed by atoms with van der Waals surface area (Å²) in [6.45, 7) is 3.91. The molecule has 32 heavy (non-hydrogen) atoms. The Balaban J connectivity index is 1.88. The van der Waals surface area contributed by atoms with E-state index in [4.69, 9.17) is 4.74 Å². The van der Waals surface area contributed by atoms with Crippen molar-refractivity contribution in [3.8, 4) is 5.75 Å². The number of hydrogen-bond donors (Lipinski definition) is 1. The second-order valence-electron chi connectivity index (χ2n) is 6.25. The zero-order valence-corrected chi connectivity index (χ0v) is 21.4. The second kappa shape index (κ2) is 11.1. The molecule has 1 amide bonds. The molecule has 8 nitrogen and oxygen atoms in total. The van der Waals surface area contributed by atoms with Crippen LogP contribution < -0.4 is 14.4 Å². The van der Waals surface area contributed by atoms with Gasteiger partial charge in [-0.1, -0.05) is 46.0 Å². The number of anilines is 2. The van der Waals surface area contributed by atoms with E-state index in [9.17, 15) is 13.2 Å². The Morgan fingerprint density at radius 2 is 1.81 bits per heavy atom. The fourth-order valence-electron chi connectivity index (χ4n) is 2.66. The summed E-state index contributed by atoms with van der Waals surface area (Å²) in [6.07, 6.45) is 0. The summed E-state index contributed by atoms with van der Waals surface area (Å²) in [5.74, 6) is 0.916. The van der Waals surface area contributed by atoms with Gasteiger partial charge in [0.05, 0.1) is 17.2 Å². The number of ether oxygens (including phenoxy) is 1. The number of nitrogens with zero attached hydrogens (tertiary/aromatic N) is 3. The fourth-order valence-corrected chi connectivity index (χ4v) is 6.01. The van der Waals surface area contributed by atoms with E-state index in [1.807, 2.05) is 13.8 Å². The summed E-state index contributed by atoms with van der Waals surface area (Å²) >= 11 is 6.06. The maximum absolute atomic E-state index is 13.4. The number of carbonyl (C=O) groups excluding carboxylic acids is 1. The first-order chi connectivity index (χ1) is 15.3. The normalized spacial score (nSPS) is 11.2. The molecule has 0 aliphatic rings. The van der Waals surface area contributed by atoms with Gasteiger partial charge in [0.25, 0.3) is 10.0 Å². The molecule has 170 valence electrons. The van der Waals surface area contributed by atoms with E-state index in [1.165, 1.54) is 35.2 Å². The zero-order valence-electron chi connectivity index (χ0n) is 17.3. The van der Waals surface area contributed by atoms with Gasteiger partial charge in [-0.2, -0.15) is 0 Å². The smallest absolute Gasteiger partial charge is 0.264 e. The molecule has 0 aliphatic heterocycles. The summed E-state index contributed by atoms with van der Waals surface area (Å²) in [5, 5.41) is 10.9. The quantitative estimate of drug-likeness (QED) is 0.286. The molecule has 3 aromatic rings. The SMILES string of the molecule is CCOc1ccc(N(CC(=O)Nc2nnc(SCC)s2)S(=O)(=O)c2ccc(Br)cc2)cc1. The van der Waals surface area contributed by atoms with E-state index in [0.29, 0.717) is 23.2 Å². The van der Waals surface area contributed by atoms with Crippen molar-refractivity contribution in [1.29, 1.82) is 0 Å². The van der Waals surface area contributed by atoms with E-state index >= 15 is 0 Å². The van der Waals surface area contributed by atoms with Crippen LogP contribution in [0.2, 0.25) is 0 Å². The summed E-state index contributed by atoms with van der Waals surface area (Å²) < 4.78 is 34.8. The molecule has 0 saturated carbocycles. The van der Waals surface area contributed by atoms with Crippen LogP contribution in [0.1, 0.15) is 13.8 Å². The van der Waals surface area contributed by atoms with E-state index in [0.717, 1.165) is 18.9 Å². The molecule has 0 spiro atoms. The van der Waals surface area contributed by atoms with Crippen molar-refractivity contribution in [2.75, 3.05) is 28.5 Å². The Hall–Kier alpha value is -2.15. The second-order valence-corrected chi connectivity index (χ2v) is 11.5. The van der Waals surface area contributed by atoms with Gasteiger partial charge in [0.2, 0.25) is 11.0 Å². The molecule has 0 unspecified atom stereocenters.